The molecule has 0 fully saturated rings. The largest absolute Gasteiger partial charge is 0.388 e. The molecule has 0 amide bonds. The molecule has 2 N–H and O–H groups in total. The predicted octanol–water partition coefficient (Wildman–Crippen LogP) is 3.96. The predicted molar refractivity (Wildman–Crippen MR) is 83.4 cm³/mol. The van der Waals surface area contributed by atoms with Crippen LogP contribution in [0.25, 0.3) is 10.8 Å². The Bertz CT molecular complexity index is 603. The number of rotatable bonds is 3. The Kier molecular flexibility index (Phi) is 3.58. The highest BCUT2D eigenvalue weighted by molar-refractivity contribution is 9.10. The quantitative estimate of drug-likeness (QED) is 0.899. The molecule has 0 aliphatic heterocycles. The minimum Gasteiger partial charge on any atom is -0.388 e. The number of nitrogens with zero attached hydrogens (tertiary/aromatic N) is 1. The molecule has 0 saturated heterocycles. The van der Waals surface area contributed by atoms with Crippen molar-refractivity contribution < 1.29 is 5.11 Å². The van der Waals surface area contributed by atoms with Crippen molar-refractivity contribution in [3.05, 3.63) is 34.9 Å². The van der Waals surface area contributed by atoms with Gasteiger partial charge >= 0.3 is 0 Å². The number of benzene rings is 1. The maximum atomic E-state index is 10.2. The molecule has 4 heteroatoms. The molecule has 3 nitrogen and oxygen atoms in total. The number of anilines is 1. The first-order valence-corrected chi connectivity index (χ1v) is 7.05. The maximum Gasteiger partial charge on any atom is 0.134 e. The van der Waals surface area contributed by atoms with Crippen molar-refractivity contribution in [1.29, 1.82) is 0 Å². The van der Waals surface area contributed by atoms with Crippen molar-refractivity contribution in [3.8, 4) is 0 Å². The van der Waals surface area contributed by atoms with Crippen LogP contribution in [0.15, 0.2) is 34.9 Å². The Morgan fingerprint density at radius 3 is 2.42 bits per heavy atom. The van der Waals surface area contributed by atoms with Crippen LogP contribution in [-0.4, -0.2) is 21.2 Å². The lowest BCUT2D eigenvalue weighted by Gasteiger charge is -2.38. The monoisotopic (exact) mass is 322 g/mol. The van der Waals surface area contributed by atoms with Crippen LogP contribution in [-0.2, 0) is 0 Å². The van der Waals surface area contributed by atoms with Crippen molar-refractivity contribution in [2.45, 2.75) is 38.8 Å². The third-order valence-electron chi connectivity index (χ3n) is 3.71. The molecule has 0 aliphatic rings. The lowest BCUT2D eigenvalue weighted by Crippen LogP contribution is -2.51. The van der Waals surface area contributed by atoms with E-state index in [1.807, 2.05) is 38.1 Å². The molecule has 102 valence electrons. The summed E-state index contributed by atoms with van der Waals surface area (Å²) in [5.74, 6) is 0.783. The van der Waals surface area contributed by atoms with E-state index < -0.39 is 11.1 Å². The number of nitrogens with one attached hydrogen (secondary N) is 1. The molecule has 19 heavy (non-hydrogen) atoms. The summed E-state index contributed by atoms with van der Waals surface area (Å²) in [5, 5.41) is 15.7. The van der Waals surface area contributed by atoms with E-state index in [-0.39, 0.29) is 0 Å². The first kappa shape index (κ1) is 14.3. The summed E-state index contributed by atoms with van der Waals surface area (Å²) in [7, 11) is 0. The zero-order valence-electron chi connectivity index (χ0n) is 11.7. The standard InChI is InChI=1S/C15H19BrN2O/c1-14(2,15(3,4)19)18-13-11-6-5-7-12(16)10(11)8-9-17-13/h5-9,19H,1-4H3,(H,17,18). The first-order valence-electron chi connectivity index (χ1n) is 6.26. The van der Waals surface area contributed by atoms with E-state index in [2.05, 4.69) is 26.2 Å². The molecule has 1 heterocycles. The average Bonchev–Trinajstić information content (AvgIpc) is 2.28. The summed E-state index contributed by atoms with van der Waals surface area (Å²) in [4.78, 5) is 4.40. The number of hydrogen-bond donors (Lipinski definition) is 2. The fourth-order valence-corrected chi connectivity index (χ4v) is 2.22. The van der Waals surface area contributed by atoms with Crippen LogP contribution in [0.1, 0.15) is 27.7 Å². The van der Waals surface area contributed by atoms with Gasteiger partial charge in [-0.05, 0) is 39.8 Å². The number of fused-ring (bicyclic) bond motifs is 1. The van der Waals surface area contributed by atoms with Gasteiger partial charge in [-0.2, -0.15) is 0 Å². The Hall–Kier alpha value is -1.13. The fourth-order valence-electron chi connectivity index (χ4n) is 1.72. The summed E-state index contributed by atoms with van der Waals surface area (Å²) in [5.41, 5.74) is -1.35. The van der Waals surface area contributed by atoms with Crippen LogP contribution < -0.4 is 5.32 Å². The molecule has 0 bridgehead atoms. The second-order valence-electron chi connectivity index (χ2n) is 5.80. The van der Waals surface area contributed by atoms with Crippen LogP contribution in [0.3, 0.4) is 0 Å². The fraction of sp³-hybridized carbons (Fsp3) is 0.400. The Balaban J connectivity index is 2.50. The molecule has 0 saturated carbocycles. The van der Waals surface area contributed by atoms with E-state index in [0.717, 1.165) is 21.1 Å². The van der Waals surface area contributed by atoms with Crippen molar-refractivity contribution in [2.75, 3.05) is 5.32 Å². The van der Waals surface area contributed by atoms with Crippen molar-refractivity contribution in [3.63, 3.8) is 0 Å². The Morgan fingerprint density at radius 2 is 1.79 bits per heavy atom. The third kappa shape index (κ3) is 2.74. The van der Waals surface area contributed by atoms with Gasteiger partial charge < -0.3 is 10.4 Å². The van der Waals surface area contributed by atoms with Crippen molar-refractivity contribution in [2.24, 2.45) is 0 Å². The molecule has 2 rings (SSSR count). The third-order valence-corrected chi connectivity index (χ3v) is 4.40. The number of halogens is 1. The molecule has 1 aromatic heterocycles. The van der Waals surface area contributed by atoms with Gasteiger partial charge in [0.2, 0.25) is 0 Å². The van der Waals surface area contributed by atoms with Gasteiger partial charge in [0.25, 0.3) is 0 Å². The summed E-state index contributed by atoms with van der Waals surface area (Å²) in [6, 6.07) is 7.99. The molecule has 0 aliphatic carbocycles. The van der Waals surface area contributed by atoms with Gasteiger partial charge in [0, 0.05) is 21.4 Å². The second kappa shape index (κ2) is 4.76. The number of aromatic nitrogens is 1. The molecule has 2 aromatic rings. The van der Waals surface area contributed by atoms with Gasteiger partial charge in [-0.3, -0.25) is 0 Å². The highest BCUT2D eigenvalue weighted by Gasteiger charge is 2.35. The number of hydrogen-bond acceptors (Lipinski definition) is 3. The smallest absolute Gasteiger partial charge is 0.134 e. The first-order chi connectivity index (χ1) is 8.72. The molecule has 0 radical (unpaired) electrons. The summed E-state index contributed by atoms with van der Waals surface area (Å²) in [6.07, 6.45) is 1.77. The summed E-state index contributed by atoms with van der Waals surface area (Å²) < 4.78 is 1.04. The van der Waals surface area contributed by atoms with Crippen molar-refractivity contribution >= 4 is 32.5 Å². The van der Waals surface area contributed by atoms with E-state index in [4.69, 9.17) is 0 Å². The van der Waals surface area contributed by atoms with Crippen LogP contribution in [0.4, 0.5) is 5.82 Å². The van der Waals surface area contributed by atoms with Gasteiger partial charge in [0.1, 0.15) is 5.82 Å². The zero-order chi connectivity index (χ0) is 14.3. The van der Waals surface area contributed by atoms with Gasteiger partial charge in [-0.25, -0.2) is 4.98 Å². The topological polar surface area (TPSA) is 45.1 Å². The van der Waals surface area contributed by atoms with E-state index >= 15 is 0 Å². The Morgan fingerprint density at radius 1 is 1.11 bits per heavy atom. The SMILES string of the molecule is CC(C)(O)C(C)(C)Nc1nccc2c(Br)cccc12. The second-order valence-corrected chi connectivity index (χ2v) is 6.66. The van der Waals surface area contributed by atoms with Crippen LogP contribution >= 0.6 is 15.9 Å². The zero-order valence-corrected chi connectivity index (χ0v) is 13.2. The van der Waals surface area contributed by atoms with E-state index in [1.54, 1.807) is 20.0 Å². The molecular formula is C15H19BrN2O. The molecular weight excluding hydrogens is 304 g/mol. The van der Waals surface area contributed by atoms with Crippen LogP contribution in [0.5, 0.6) is 0 Å². The van der Waals surface area contributed by atoms with Gasteiger partial charge in [0.05, 0.1) is 11.1 Å². The molecule has 0 atom stereocenters. The van der Waals surface area contributed by atoms with Gasteiger partial charge in [-0.1, -0.05) is 28.1 Å². The number of aliphatic hydroxyl groups is 1. The van der Waals surface area contributed by atoms with Gasteiger partial charge in [-0.15, -0.1) is 0 Å². The number of pyridine rings is 1. The molecule has 1 aromatic carbocycles. The van der Waals surface area contributed by atoms with E-state index in [1.165, 1.54) is 0 Å². The maximum absolute atomic E-state index is 10.2. The van der Waals surface area contributed by atoms with Crippen LogP contribution in [0, 0.1) is 0 Å². The minimum atomic E-state index is -0.858. The summed E-state index contributed by atoms with van der Waals surface area (Å²) >= 11 is 3.55. The average molecular weight is 323 g/mol. The minimum absolute atomic E-state index is 0.489. The lowest BCUT2D eigenvalue weighted by atomic mass is 9.86. The van der Waals surface area contributed by atoms with Crippen molar-refractivity contribution in [1.82, 2.24) is 4.98 Å². The highest BCUT2D eigenvalue weighted by atomic mass is 79.9. The van der Waals surface area contributed by atoms with Crippen LogP contribution in [0.2, 0.25) is 0 Å². The lowest BCUT2D eigenvalue weighted by molar-refractivity contribution is 0.0239. The normalized spacial score (nSPS) is 12.7. The van der Waals surface area contributed by atoms with E-state index in [9.17, 15) is 5.11 Å². The molecule has 0 spiro atoms. The van der Waals surface area contributed by atoms with E-state index in [0.29, 0.717) is 0 Å². The Labute approximate surface area is 122 Å². The van der Waals surface area contributed by atoms with Gasteiger partial charge in [0.15, 0.2) is 0 Å². The molecule has 0 unspecified atom stereocenters. The highest BCUT2D eigenvalue weighted by Crippen LogP contribution is 2.31. The summed E-state index contributed by atoms with van der Waals surface area (Å²) in [6.45, 7) is 7.51.